The summed E-state index contributed by atoms with van der Waals surface area (Å²) in [5.41, 5.74) is 1.18. The zero-order valence-electron chi connectivity index (χ0n) is 15.3. The van der Waals surface area contributed by atoms with E-state index in [2.05, 4.69) is 15.5 Å². The molecule has 0 saturated heterocycles. The number of anilines is 2. The number of fused-ring (bicyclic) bond motifs is 1. The molecule has 1 amide bonds. The van der Waals surface area contributed by atoms with Crippen LogP contribution in [0.3, 0.4) is 0 Å². The van der Waals surface area contributed by atoms with E-state index < -0.39 is 11.5 Å². The lowest BCUT2D eigenvalue weighted by Crippen LogP contribution is -2.34. The van der Waals surface area contributed by atoms with Crippen LogP contribution in [0, 0.1) is 0 Å². The first-order chi connectivity index (χ1) is 13.7. The minimum atomic E-state index is -0.528. The summed E-state index contributed by atoms with van der Waals surface area (Å²) in [6.45, 7) is 1.33. The first kappa shape index (κ1) is 17.7. The van der Waals surface area contributed by atoms with Crippen LogP contribution in [0.1, 0.15) is 16.1 Å². The maximum Gasteiger partial charge on any atom is 0.286 e. The quantitative estimate of drug-likeness (QED) is 0.728. The molecule has 0 radical (unpaired) electrons. The van der Waals surface area contributed by atoms with Gasteiger partial charge in [-0.3, -0.25) is 14.2 Å². The lowest BCUT2D eigenvalue weighted by Gasteiger charge is -2.17. The zero-order valence-corrected chi connectivity index (χ0v) is 15.3. The Labute approximate surface area is 161 Å². The Morgan fingerprint density at radius 1 is 1.07 bits per heavy atom. The molecule has 0 unspecified atom stereocenters. The predicted molar refractivity (Wildman–Crippen MR) is 104 cm³/mol. The molecule has 8 nitrogen and oxygen atoms in total. The van der Waals surface area contributed by atoms with Crippen molar-refractivity contribution in [3.8, 4) is 5.75 Å². The first-order valence-corrected chi connectivity index (χ1v) is 8.88. The third kappa shape index (κ3) is 3.32. The maximum absolute atomic E-state index is 12.7. The van der Waals surface area contributed by atoms with Crippen LogP contribution in [-0.4, -0.2) is 34.3 Å². The van der Waals surface area contributed by atoms with Crippen LogP contribution in [0.4, 0.5) is 11.6 Å². The number of rotatable bonds is 5. The lowest BCUT2D eigenvalue weighted by atomic mass is 10.2. The molecule has 0 bridgehead atoms. The normalized spacial score (nSPS) is 12.5. The van der Waals surface area contributed by atoms with Crippen LogP contribution in [-0.2, 0) is 13.1 Å². The third-order valence-electron chi connectivity index (χ3n) is 4.61. The monoisotopic (exact) mass is 377 g/mol. The van der Waals surface area contributed by atoms with Gasteiger partial charge in [-0.25, -0.2) is 0 Å². The highest BCUT2D eigenvalue weighted by Crippen LogP contribution is 2.28. The van der Waals surface area contributed by atoms with Crippen molar-refractivity contribution < 1.29 is 9.53 Å². The molecule has 142 valence electrons. The minimum absolute atomic E-state index is 0.198. The predicted octanol–water partition coefficient (Wildman–Crippen LogP) is 1.73. The van der Waals surface area contributed by atoms with E-state index in [0.717, 1.165) is 17.0 Å². The number of methoxy groups -OCH3 is 1. The fraction of sp³-hybridized carbons (Fsp3) is 0.200. The summed E-state index contributed by atoms with van der Waals surface area (Å²) < 4.78 is 6.65. The summed E-state index contributed by atoms with van der Waals surface area (Å²) in [5.74, 6) is 0.645. The summed E-state index contributed by atoms with van der Waals surface area (Å²) in [5, 5.41) is 10.8. The molecule has 4 rings (SSSR count). The molecule has 1 N–H and O–H groups in total. The van der Waals surface area contributed by atoms with Gasteiger partial charge in [-0.1, -0.05) is 30.3 Å². The van der Waals surface area contributed by atoms with E-state index in [9.17, 15) is 9.59 Å². The Balaban J connectivity index is 1.55. The van der Waals surface area contributed by atoms with E-state index in [1.807, 2.05) is 59.5 Å². The van der Waals surface area contributed by atoms with E-state index in [1.54, 1.807) is 7.11 Å². The highest BCUT2D eigenvalue weighted by molar-refractivity contribution is 5.91. The molecule has 0 atom stereocenters. The Morgan fingerprint density at radius 2 is 1.82 bits per heavy atom. The van der Waals surface area contributed by atoms with Gasteiger partial charge < -0.3 is 15.0 Å². The van der Waals surface area contributed by atoms with Crippen LogP contribution >= 0.6 is 0 Å². The van der Waals surface area contributed by atoms with Gasteiger partial charge in [0.2, 0.25) is 11.6 Å². The van der Waals surface area contributed by atoms with Crippen LogP contribution in [0.2, 0.25) is 0 Å². The average molecular weight is 377 g/mol. The zero-order chi connectivity index (χ0) is 19.5. The molecule has 8 heteroatoms. The van der Waals surface area contributed by atoms with Gasteiger partial charge >= 0.3 is 0 Å². The number of nitrogens with one attached hydrogen (secondary N) is 1. The molecule has 2 heterocycles. The maximum atomic E-state index is 12.7. The first-order valence-electron chi connectivity index (χ1n) is 8.88. The van der Waals surface area contributed by atoms with E-state index in [-0.39, 0.29) is 5.69 Å². The van der Waals surface area contributed by atoms with Crippen molar-refractivity contribution >= 4 is 17.5 Å². The average Bonchev–Trinajstić information content (AvgIpc) is 3.18. The molecular weight excluding hydrogens is 358 g/mol. The van der Waals surface area contributed by atoms with Gasteiger partial charge in [0.1, 0.15) is 5.75 Å². The molecule has 0 fully saturated rings. The van der Waals surface area contributed by atoms with Gasteiger partial charge in [-0.05, 0) is 29.8 Å². The Kier molecular flexibility index (Phi) is 4.76. The summed E-state index contributed by atoms with van der Waals surface area (Å²) in [6.07, 6.45) is 0. The number of aromatic nitrogens is 3. The molecule has 2 aromatic carbocycles. The minimum Gasteiger partial charge on any atom is -0.497 e. The molecule has 0 spiro atoms. The van der Waals surface area contributed by atoms with Crippen molar-refractivity contribution in [1.82, 2.24) is 20.1 Å². The smallest absolute Gasteiger partial charge is 0.286 e. The van der Waals surface area contributed by atoms with Gasteiger partial charge in [0.05, 0.1) is 7.11 Å². The van der Waals surface area contributed by atoms with Gasteiger partial charge in [0, 0.05) is 25.3 Å². The number of amides is 1. The lowest BCUT2D eigenvalue weighted by molar-refractivity contribution is 0.0942. The standard InChI is InChI=1S/C20H19N5O3/c1-28-16-9-7-15(8-10-16)24-11-12-25-19(27)17(22-23-20(24)25)18(26)21-13-14-5-3-2-4-6-14/h2-10H,11-13H2,1H3,(H,21,26). The van der Waals surface area contributed by atoms with Gasteiger partial charge in [0.15, 0.2) is 0 Å². The number of benzene rings is 2. The van der Waals surface area contributed by atoms with Crippen molar-refractivity contribution in [1.29, 1.82) is 0 Å². The van der Waals surface area contributed by atoms with Crippen LogP contribution in [0.5, 0.6) is 5.75 Å². The van der Waals surface area contributed by atoms with E-state index in [4.69, 9.17) is 4.74 Å². The number of hydrogen-bond donors (Lipinski definition) is 1. The Hall–Kier alpha value is -3.68. The van der Waals surface area contributed by atoms with E-state index in [0.29, 0.717) is 25.6 Å². The van der Waals surface area contributed by atoms with Crippen molar-refractivity contribution in [2.24, 2.45) is 0 Å². The summed E-state index contributed by atoms with van der Waals surface area (Å²) in [4.78, 5) is 27.0. The van der Waals surface area contributed by atoms with Crippen molar-refractivity contribution in [3.05, 3.63) is 76.2 Å². The van der Waals surface area contributed by atoms with Crippen LogP contribution < -0.4 is 20.5 Å². The number of ether oxygens (including phenoxy) is 1. The molecule has 0 saturated carbocycles. The van der Waals surface area contributed by atoms with Gasteiger partial charge in [-0.15, -0.1) is 10.2 Å². The second-order valence-corrected chi connectivity index (χ2v) is 6.32. The summed E-state index contributed by atoms with van der Waals surface area (Å²) in [6, 6.07) is 16.9. The largest absolute Gasteiger partial charge is 0.497 e. The molecule has 0 aliphatic carbocycles. The van der Waals surface area contributed by atoms with E-state index >= 15 is 0 Å². The highest BCUT2D eigenvalue weighted by Gasteiger charge is 2.27. The SMILES string of the molecule is COc1ccc(N2CCn3c2nnc(C(=O)NCc2ccccc2)c3=O)cc1. The van der Waals surface area contributed by atoms with Gasteiger partial charge in [-0.2, -0.15) is 0 Å². The molecular formula is C20H19N5O3. The van der Waals surface area contributed by atoms with Crippen LogP contribution in [0.25, 0.3) is 0 Å². The molecule has 1 aliphatic rings. The van der Waals surface area contributed by atoms with Crippen molar-refractivity contribution in [2.75, 3.05) is 18.6 Å². The number of carbonyl (C=O) groups excluding carboxylic acids is 1. The second-order valence-electron chi connectivity index (χ2n) is 6.32. The van der Waals surface area contributed by atoms with Crippen molar-refractivity contribution in [2.45, 2.75) is 13.1 Å². The van der Waals surface area contributed by atoms with Crippen LogP contribution in [0.15, 0.2) is 59.4 Å². The second kappa shape index (κ2) is 7.51. The molecule has 1 aromatic heterocycles. The molecule has 28 heavy (non-hydrogen) atoms. The third-order valence-corrected chi connectivity index (χ3v) is 4.61. The van der Waals surface area contributed by atoms with Crippen molar-refractivity contribution in [3.63, 3.8) is 0 Å². The molecule has 1 aliphatic heterocycles. The fourth-order valence-corrected chi connectivity index (χ4v) is 3.12. The fourth-order valence-electron chi connectivity index (χ4n) is 3.12. The van der Waals surface area contributed by atoms with Gasteiger partial charge in [0.25, 0.3) is 11.5 Å². The summed E-state index contributed by atoms with van der Waals surface area (Å²) >= 11 is 0. The summed E-state index contributed by atoms with van der Waals surface area (Å²) in [7, 11) is 1.61. The highest BCUT2D eigenvalue weighted by atomic mass is 16.5. The van der Waals surface area contributed by atoms with E-state index in [1.165, 1.54) is 4.57 Å². The Bertz CT molecular complexity index is 1050. The topological polar surface area (TPSA) is 89.3 Å². The number of carbonyl (C=O) groups is 1. The number of hydrogen-bond acceptors (Lipinski definition) is 6. The molecule has 3 aromatic rings. The number of nitrogens with zero attached hydrogens (tertiary/aromatic N) is 4. The Morgan fingerprint density at radius 3 is 2.54 bits per heavy atom.